The first kappa shape index (κ1) is 21.9. The van der Waals surface area contributed by atoms with Crippen molar-refractivity contribution >= 4 is 17.9 Å². The van der Waals surface area contributed by atoms with E-state index in [1.807, 2.05) is 12.1 Å². The summed E-state index contributed by atoms with van der Waals surface area (Å²) in [5, 5.41) is -0.441. The van der Waals surface area contributed by atoms with E-state index in [0.29, 0.717) is 11.3 Å². The van der Waals surface area contributed by atoms with Gasteiger partial charge in [-0.05, 0) is 55.0 Å². The lowest BCUT2D eigenvalue weighted by Crippen LogP contribution is -2.25. The van der Waals surface area contributed by atoms with E-state index in [1.165, 1.54) is 24.0 Å². The van der Waals surface area contributed by atoms with Crippen molar-refractivity contribution in [3.8, 4) is 0 Å². The summed E-state index contributed by atoms with van der Waals surface area (Å²) >= 11 is 0. The highest BCUT2D eigenvalue weighted by atomic mass is 32.2. The molecule has 0 aliphatic heterocycles. The van der Waals surface area contributed by atoms with Gasteiger partial charge in [0.25, 0.3) is 0 Å². The molecule has 0 N–H and O–H groups in total. The highest BCUT2D eigenvalue weighted by Crippen LogP contribution is 2.35. The Morgan fingerprint density at radius 3 is 2.44 bits per heavy atom. The first-order valence-corrected chi connectivity index (χ1v) is 15.2. The molecule has 1 atom stereocenters. The lowest BCUT2D eigenvalue weighted by atomic mass is 9.89. The lowest BCUT2D eigenvalue weighted by Gasteiger charge is -2.26. The van der Waals surface area contributed by atoms with Crippen LogP contribution in [0.15, 0.2) is 69.8 Å². The molecule has 1 aliphatic carbocycles. The number of sulfone groups is 1. The third-order valence-electron chi connectivity index (χ3n) is 4.91. The topological polar surface area (TPSA) is 34.1 Å². The second-order valence-corrected chi connectivity index (χ2v) is 15.8. The van der Waals surface area contributed by atoms with Gasteiger partial charge in [0.2, 0.25) is 0 Å². The summed E-state index contributed by atoms with van der Waals surface area (Å²) < 4.78 is 26.3. The fourth-order valence-corrected chi connectivity index (χ4v) is 6.50. The summed E-state index contributed by atoms with van der Waals surface area (Å²) in [5.41, 5.74) is 6.17. The minimum absolute atomic E-state index is 0.427. The van der Waals surface area contributed by atoms with Crippen LogP contribution in [0.5, 0.6) is 0 Å². The number of unbranched alkanes of at least 4 members (excludes halogenated alkanes) is 2. The van der Waals surface area contributed by atoms with Crippen LogP contribution in [0.25, 0.3) is 0 Å². The van der Waals surface area contributed by atoms with Crippen LogP contribution in [0, 0.1) is 0 Å². The van der Waals surface area contributed by atoms with E-state index in [1.54, 1.807) is 24.3 Å². The smallest absolute Gasteiger partial charge is 0.184 e. The molecular formula is C23H34O2SSi. The number of benzene rings is 1. The zero-order valence-electron chi connectivity index (χ0n) is 17.5. The summed E-state index contributed by atoms with van der Waals surface area (Å²) in [5.74, 6) is 0. The van der Waals surface area contributed by atoms with E-state index in [-0.39, 0.29) is 0 Å². The number of rotatable bonds is 7. The van der Waals surface area contributed by atoms with Gasteiger partial charge in [-0.25, -0.2) is 8.42 Å². The van der Waals surface area contributed by atoms with Gasteiger partial charge in [0.05, 0.1) is 18.2 Å². The second-order valence-electron chi connectivity index (χ2n) is 8.58. The molecule has 0 saturated carbocycles. The molecule has 0 fully saturated rings. The summed E-state index contributed by atoms with van der Waals surface area (Å²) in [6.45, 7) is 11.3. The summed E-state index contributed by atoms with van der Waals surface area (Å²) in [4.78, 5) is 0.427. The molecule has 2 rings (SSSR count). The molecule has 4 heteroatoms. The highest BCUT2D eigenvalue weighted by Gasteiger charge is 2.30. The zero-order chi connectivity index (χ0) is 20.1. The zero-order valence-corrected chi connectivity index (χ0v) is 19.3. The molecule has 1 aromatic rings. The van der Waals surface area contributed by atoms with Crippen LogP contribution in [-0.4, -0.2) is 21.7 Å². The van der Waals surface area contributed by atoms with E-state index < -0.39 is 23.2 Å². The maximum atomic E-state index is 13.1. The predicted octanol–water partition coefficient (Wildman–Crippen LogP) is 6.49. The van der Waals surface area contributed by atoms with Gasteiger partial charge in [-0.3, -0.25) is 0 Å². The number of hydrogen-bond acceptors (Lipinski definition) is 2. The highest BCUT2D eigenvalue weighted by molar-refractivity contribution is 7.92. The molecule has 2 nitrogen and oxygen atoms in total. The van der Waals surface area contributed by atoms with Gasteiger partial charge in [0.1, 0.15) is 0 Å². The van der Waals surface area contributed by atoms with Crippen LogP contribution in [0.1, 0.15) is 46.0 Å². The average Bonchev–Trinajstić information content (AvgIpc) is 2.61. The average molecular weight is 403 g/mol. The van der Waals surface area contributed by atoms with E-state index >= 15 is 0 Å². The minimum Gasteiger partial charge on any atom is -0.223 e. The lowest BCUT2D eigenvalue weighted by molar-refractivity contribution is 0.581. The van der Waals surface area contributed by atoms with E-state index in [0.717, 1.165) is 18.4 Å². The van der Waals surface area contributed by atoms with Gasteiger partial charge in [-0.15, -0.1) is 0 Å². The molecule has 0 radical (unpaired) electrons. The van der Waals surface area contributed by atoms with Crippen LogP contribution in [0.2, 0.25) is 19.6 Å². The van der Waals surface area contributed by atoms with Crippen molar-refractivity contribution in [3.05, 3.63) is 64.9 Å². The number of hydrogen-bond donors (Lipinski definition) is 0. The van der Waals surface area contributed by atoms with Gasteiger partial charge < -0.3 is 0 Å². The molecule has 148 valence electrons. The first-order chi connectivity index (χ1) is 12.6. The SMILES string of the molecule is CCCC/C=C(/C)C1=C[C@H](S(=O)(=O)c2ccccc2)CC/C1=C\[Si](C)(C)C. The quantitative estimate of drug-likeness (QED) is 0.386. The Hall–Kier alpha value is -1.39. The predicted molar refractivity (Wildman–Crippen MR) is 119 cm³/mol. The van der Waals surface area contributed by atoms with E-state index in [2.05, 4.69) is 45.3 Å². The van der Waals surface area contributed by atoms with Crippen LogP contribution >= 0.6 is 0 Å². The third-order valence-corrected chi connectivity index (χ3v) is 8.22. The third kappa shape index (κ3) is 6.05. The van der Waals surface area contributed by atoms with Gasteiger partial charge in [-0.1, -0.05) is 75.5 Å². The van der Waals surface area contributed by atoms with E-state index in [4.69, 9.17) is 0 Å². The Balaban J connectivity index is 2.46. The molecule has 0 bridgehead atoms. The minimum atomic E-state index is -3.34. The largest absolute Gasteiger partial charge is 0.223 e. The molecule has 1 aliphatic rings. The Labute approximate surface area is 167 Å². The second kappa shape index (κ2) is 9.20. The van der Waals surface area contributed by atoms with Crippen LogP contribution in [0.3, 0.4) is 0 Å². The van der Waals surface area contributed by atoms with Gasteiger partial charge in [-0.2, -0.15) is 0 Å². The van der Waals surface area contributed by atoms with Crippen molar-refractivity contribution in [2.24, 2.45) is 0 Å². The Morgan fingerprint density at radius 1 is 1.19 bits per heavy atom. The number of allylic oxidation sites excluding steroid dienone is 4. The standard InChI is InChI=1S/C23H34O2SSi/c1-6-7-9-12-19(2)23-17-22(16-15-20(23)18-27(3,4)5)26(24,25)21-13-10-8-11-14-21/h8,10-14,17-18,22H,6-7,9,15-16H2,1-5H3/b19-12-,20-18+/t22-/m1/s1. The maximum absolute atomic E-state index is 13.1. The molecular weight excluding hydrogens is 368 g/mol. The van der Waals surface area contributed by atoms with Crippen molar-refractivity contribution in [2.75, 3.05) is 0 Å². The van der Waals surface area contributed by atoms with Crippen molar-refractivity contribution in [3.63, 3.8) is 0 Å². The molecule has 0 spiro atoms. The van der Waals surface area contributed by atoms with Crippen LogP contribution in [0.4, 0.5) is 0 Å². The van der Waals surface area contributed by atoms with Gasteiger partial charge >= 0.3 is 0 Å². The van der Waals surface area contributed by atoms with Crippen molar-refractivity contribution in [2.45, 2.75) is 75.7 Å². The molecule has 27 heavy (non-hydrogen) atoms. The van der Waals surface area contributed by atoms with Crippen molar-refractivity contribution < 1.29 is 8.42 Å². The molecule has 0 aromatic heterocycles. The summed E-state index contributed by atoms with van der Waals surface area (Å²) in [6.07, 6.45) is 9.20. The van der Waals surface area contributed by atoms with Crippen molar-refractivity contribution in [1.29, 1.82) is 0 Å². The molecule has 0 unspecified atom stereocenters. The van der Waals surface area contributed by atoms with Crippen LogP contribution < -0.4 is 0 Å². The maximum Gasteiger partial charge on any atom is 0.184 e. The molecule has 0 amide bonds. The monoisotopic (exact) mass is 402 g/mol. The normalized spacial score (nSPS) is 20.6. The molecule has 0 saturated heterocycles. The molecule has 1 aromatic carbocycles. The molecule has 0 heterocycles. The van der Waals surface area contributed by atoms with Crippen molar-refractivity contribution in [1.82, 2.24) is 0 Å². The fraction of sp³-hybridized carbons (Fsp3) is 0.478. The van der Waals surface area contributed by atoms with Crippen LogP contribution in [-0.2, 0) is 9.84 Å². The Kier molecular flexibility index (Phi) is 7.46. The Morgan fingerprint density at radius 2 is 1.85 bits per heavy atom. The Bertz CT molecular complexity index is 825. The fourth-order valence-electron chi connectivity index (χ4n) is 3.53. The van der Waals surface area contributed by atoms with E-state index in [9.17, 15) is 8.42 Å². The van der Waals surface area contributed by atoms with Gasteiger partial charge in [0, 0.05) is 0 Å². The van der Waals surface area contributed by atoms with Gasteiger partial charge in [0.15, 0.2) is 9.84 Å². The first-order valence-electron chi connectivity index (χ1n) is 10.0. The summed E-state index contributed by atoms with van der Waals surface area (Å²) in [6, 6.07) is 8.87. The summed E-state index contributed by atoms with van der Waals surface area (Å²) in [7, 11) is -4.72.